The van der Waals surface area contributed by atoms with Gasteiger partial charge in [0.25, 0.3) is 0 Å². The monoisotopic (exact) mass is 340 g/mol. The van der Waals surface area contributed by atoms with Gasteiger partial charge in [-0.2, -0.15) is 0 Å². The minimum atomic E-state index is -3.63. The van der Waals surface area contributed by atoms with Gasteiger partial charge < -0.3 is 13.6 Å². The van der Waals surface area contributed by atoms with Crippen LogP contribution in [0.25, 0.3) is 0 Å². The molecule has 1 aromatic carbocycles. The normalized spacial score (nSPS) is 12.5. The van der Waals surface area contributed by atoms with E-state index in [0.717, 1.165) is 0 Å². The molecule has 0 saturated carbocycles. The maximum atomic E-state index is 13.6. The van der Waals surface area contributed by atoms with Crippen molar-refractivity contribution in [2.75, 3.05) is 0 Å². The molecule has 1 N–H and O–H groups in total. The molecule has 126 valence electrons. The van der Waals surface area contributed by atoms with Gasteiger partial charge in [0.15, 0.2) is 23.3 Å². The highest BCUT2D eigenvalue weighted by atomic mass is 28.4. The summed E-state index contributed by atoms with van der Waals surface area (Å²) >= 11 is 0. The second kappa shape index (κ2) is 7.54. The third-order valence-electron chi connectivity index (χ3n) is 2.73. The lowest BCUT2D eigenvalue weighted by Crippen LogP contribution is -2.46. The van der Waals surface area contributed by atoms with Gasteiger partial charge in [0.05, 0.1) is 0 Å². The van der Waals surface area contributed by atoms with Crippen molar-refractivity contribution in [3.05, 3.63) is 34.9 Å². The average Bonchev–Trinajstić information content (AvgIpc) is 2.37. The van der Waals surface area contributed by atoms with E-state index in [1.165, 1.54) is 0 Å². The van der Waals surface area contributed by atoms with Crippen LogP contribution in [0.1, 0.15) is 33.3 Å². The Balaban J connectivity index is 2.94. The first kappa shape index (κ1) is 19.1. The smallest absolute Gasteiger partial charge is 0.390 e. The largest absolute Gasteiger partial charge is 0.498 e. The number of aryl methyl sites for hydroxylation is 1. The van der Waals surface area contributed by atoms with Crippen molar-refractivity contribution in [2.24, 2.45) is 0 Å². The fourth-order valence-electron chi connectivity index (χ4n) is 1.98. The van der Waals surface area contributed by atoms with Gasteiger partial charge in [0, 0.05) is 18.3 Å². The molecule has 22 heavy (non-hydrogen) atoms. The molecule has 0 heterocycles. The van der Waals surface area contributed by atoms with Crippen LogP contribution in [0.3, 0.4) is 0 Å². The molecule has 1 rings (SSSR count). The van der Waals surface area contributed by atoms with Gasteiger partial charge in [-0.25, -0.2) is 17.6 Å². The first-order valence-electron chi connectivity index (χ1n) is 6.95. The summed E-state index contributed by atoms with van der Waals surface area (Å²) in [6.45, 7) is 6.78. The van der Waals surface area contributed by atoms with Crippen molar-refractivity contribution >= 4 is 8.80 Å². The summed E-state index contributed by atoms with van der Waals surface area (Å²) < 4.78 is 63.6. The fourth-order valence-corrected chi connectivity index (χ4v) is 4.33. The Bertz CT molecular complexity index is 513. The molecule has 0 aliphatic rings. The molecule has 0 amide bonds. The summed E-state index contributed by atoms with van der Waals surface area (Å²) in [6, 6.07) is 0.443. The van der Waals surface area contributed by atoms with E-state index in [1.54, 1.807) is 27.7 Å². The van der Waals surface area contributed by atoms with Gasteiger partial charge in [-0.3, -0.25) is 0 Å². The van der Waals surface area contributed by atoms with E-state index < -0.39 is 32.1 Å². The van der Waals surface area contributed by atoms with E-state index in [2.05, 4.69) is 0 Å². The third kappa shape index (κ3) is 5.05. The summed E-state index contributed by atoms with van der Waals surface area (Å²) in [5, 5.41) is 0. The molecule has 0 aliphatic carbocycles. The quantitative estimate of drug-likeness (QED) is 0.357. The average molecular weight is 340 g/mol. The summed E-state index contributed by atoms with van der Waals surface area (Å²) in [4.78, 5) is 10.4. The Morgan fingerprint density at radius 2 is 1.45 bits per heavy atom. The Labute approximate surface area is 128 Å². The maximum absolute atomic E-state index is 13.6. The van der Waals surface area contributed by atoms with Crippen LogP contribution in [-0.2, 0) is 15.3 Å². The summed E-state index contributed by atoms with van der Waals surface area (Å²) in [7, 11) is -3.63. The van der Waals surface area contributed by atoms with Crippen LogP contribution in [0.15, 0.2) is 6.07 Å². The summed E-state index contributed by atoms with van der Waals surface area (Å²) in [6.07, 6.45) is -0.897. The van der Waals surface area contributed by atoms with E-state index in [9.17, 15) is 22.4 Å². The Hall–Kier alpha value is -0.963. The molecule has 1 aromatic rings. The van der Waals surface area contributed by atoms with Crippen LogP contribution >= 0.6 is 0 Å². The van der Waals surface area contributed by atoms with E-state index in [1.807, 2.05) is 0 Å². The first-order chi connectivity index (χ1) is 10.1. The van der Waals surface area contributed by atoms with Crippen LogP contribution in [0.5, 0.6) is 0 Å². The SMILES string of the molecule is CC(C)O[Si](O)(CCc1cc(F)c(F)c(F)c1F)OC(C)C. The minimum Gasteiger partial charge on any atom is -0.390 e. The Morgan fingerprint density at radius 3 is 1.91 bits per heavy atom. The molecule has 0 fully saturated rings. The van der Waals surface area contributed by atoms with Gasteiger partial charge in [0.1, 0.15) is 0 Å². The van der Waals surface area contributed by atoms with E-state index in [4.69, 9.17) is 8.85 Å². The van der Waals surface area contributed by atoms with Crippen molar-refractivity contribution < 1.29 is 31.2 Å². The predicted octanol–water partition coefficient (Wildman–Crippen LogP) is 3.57. The number of hydrogen-bond donors (Lipinski definition) is 1. The zero-order valence-electron chi connectivity index (χ0n) is 12.9. The van der Waals surface area contributed by atoms with Gasteiger partial charge in [0.2, 0.25) is 0 Å². The van der Waals surface area contributed by atoms with Crippen LogP contribution in [0.2, 0.25) is 6.04 Å². The predicted molar refractivity (Wildman–Crippen MR) is 75.2 cm³/mol. The van der Waals surface area contributed by atoms with Crippen LogP contribution in [0, 0.1) is 23.3 Å². The van der Waals surface area contributed by atoms with Crippen molar-refractivity contribution in [1.82, 2.24) is 0 Å². The van der Waals surface area contributed by atoms with Gasteiger partial charge in [-0.15, -0.1) is 0 Å². The molecule has 0 unspecified atom stereocenters. The molecule has 0 spiro atoms. The second-order valence-corrected chi connectivity index (χ2v) is 7.90. The van der Waals surface area contributed by atoms with Crippen molar-refractivity contribution in [2.45, 2.75) is 52.4 Å². The van der Waals surface area contributed by atoms with Gasteiger partial charge >= 0.3 is 8.80 Å². The summed E-state index contributed by atoms with van der Waals surface area (Å²) in [5.41, 5.74) is -0.373. The molecule has 0 atom stereocenters. The highest BCUT2D eigenvalue weighted by molar-refractivity contribution is 6.59. The van der Waals surface area contributed by atoms with Crippen LogP contribution in [-0.4, -0.2) is 25.8 Å². The van der Waals surface area contributed by atoms with E-state index in [0.29, 0.717) is 6.07 Å². The van der Waals surface area contributed by atoms with E-state index >= 15 is 0 Å². The molecule has 0 saturated heterocycles. The van der Waals surface area contributed by atoms with Gasteiger partial charge in [-0.1, -0.05) is 0 Å². The molecule has 3 nitrogen and oxygen atoms in total. The highest BCUT2D eigenvalue weighted by Crippen LogP contribution is 2.23. The maximum Gasteiger partial charge on any atom is 0.498 e. The zero-order valence-corrected chi connectivity index (χ0v) is 13.9. The van der Waals surface area contributed by atoms with Crippen molar-refractivity contribution in [3.8, 4) is 0 Å². The van der Waals surface area contributed by atoms with Crippen molar-refractivity contribution in [1.29, 1.82) is 0 Å². The lowest BCUT2D eigenvalue weighted by Gasteiger charge is -2.28. The molecule has 0 aromatic heterocycles. The molecule has 0 radical (unpaired) electrons. The molecule has 0 aliphatic heterocycles. The molecular weight excluding hydrogens is 320 g/mol. The molecule has 0 bridgehead atoms. The summed E-state index contributed by atoms with van der Waals surface area (Å²) in [5.74, 6) is -6.67. The topological polar surface area (TPSA) is 38.7 Å². The fraction of sp³-hybridized carbons (Fsp3) is 0.571. The Kier molecular flexibility index (Phi) is 6.54. The van der Waals surface area contributed by atoms with Crippen molar-refractivity contribution in [3.63, 3.8) is 0 Å². The molecular formula is C14H20F4O3Si. The second-order valence-electron chi connectivity index (χ2n) is 5.51. The van der Waals surface area contributed by atoms with Gasteiger partial charge in [-0.05, 0) is 45.7 Å². The van der Waals surface area contributed by atoms with Crippen LogP contribution in [0.4, 0.5) is 17.6 Å². The Morgan fingerprint density at radius 1 is 0.955 bits per heavy atom. The lowest BCUT2D eigenvalue weighted by molar-refractivity contribution is 0.0478. The number of hydrogen-bond acceptors (Lipinski definition) is 3. The van der Waals surface area contributed by atoms with E-state index in [-0.39, 0.29) is 30.2 Å². The standard InChI is InChI=1S/C14H20F4O3Si/c1-8(2)20-22(19,21-9(3)4)6-5-10-7-11(15)13(17)14(18)12(10)16/h7-9,19H,5-6H2,1-4H3. The van der Waals surface area contributed by atoms with Crippen LogP contribution < -0.4 is 0 Å². The highest BCUT2D eigenvalue weighted by Gasteiger charge is 2.39. The third-order valence-corrected chi connectivity index (χ3v) is 5.29. The zero-order chi connectivity index (χ0) is 17.1. The number of rotatable bonds is 7. The molecule has 8 heteroatoms. The number of halogens is 4. The lowest BCUT2D eigenvalue weighted by atomic mass is 10.1. The first-order valence-corrected chi connectivity index (χ1v) is 8.92. The number of benzene rings is 1. The minimum absolute atomic E-state index is 0.134.